The number of rotatable bonds is 3. The second-order valence-electron chi connectivity index (χ2n) is 9.28. The third kappa shape index (κ3) is 3.37. The van der Waals surface area contributed by atoms with E-state index < -0.39 is 29.0 Å². The van der Waals surface area contributed by atoms with Crippen LogP contribution in [0.4, 0.5) is 9.59 Å². The van der Waals surface area contributed by atoms with E-state index in [1.807, 2.05) is 6.07 Å². The van der Waals surface area contributed by atoms with E-state index in [0.29, 0.717) is 35.1 Å². The Bertz CT molecular complexity index is 1610. The summed E-state index contributed by atoms with van der Waals surface area (Å²) >= 11 is 0. The van der Waals surface area contributed by atoms with Gasteiger partial charge in [0.25, 0.3) is 11.8 Å². The molecule has 2 fully saturated rings. The molecule has 3 aliphatic rings. The van der Waals surface area contributed by atoms with Crippen LogP contribution in [0.1, 0.15) is 23.1 Å². The van der Waals surface area contributed by atoms with Crippen LogP contribution in [0.25, 0.3) is 10.8 Å². The van der Waals surface area contributed by atoms with Crippen molar-refractivity contribution in [3.8, 4) is 23.5 Å². The molecular formula is C26H21N5O6. The molecule has 3 aromatic rings. The first kappa shape index (κ1) is 22.5. The van der Waals surface area contributed by atoms with Crippen LogP contribution in [0.2, 0.25) is 0 Å². The predicted octanol–water partition coefficient (Wildman–Crippen LogP) is 0.966. The number of imide groups is 2. The lowest BCUT2D eigenvalue weighted by Gasteiger charge is -2.21. The Morgan fingerprint density at radius 3 is 2.51 bits per heavy atom. The number of urea groups is 2. The third-order valence-electron chi connectivity index (χ3n) is 7.11. The van der Waals surface area contributed by atoms with E-state index in [4.69, 9.17) is 4.74 Å². The van der Waals surface area contributed by atoms with Crippen LogP contribution >= 0.6 is 0 Å². The van der Waals surface area contributed by atoms with Gasteiger partial charge in [0.1, 0.15) is 11.3 Å². The first-order valence-electron chi connectivity index (χ1n) is 11.5. The summed E-state index contributed by atoms with van der Waals surface area (Å²) in [6.07, 6.45) is 2.67. The molecule has 37 heavy (non-hydrogen) atoms. The smallest absolute Gasteiger partial charge is 0.323 e. The zero-order valence-electron chi connectivity index (χ0n) is 19.6. The molecular weight excluding hydrogens is 478 g/mol. The van der Waals surface area contributed by atoms with Crippen molar-refractivity contribution in [2.45, 2.75) is 30.5 Å². The van der Waals surface area contributed by atoms with Gasteiger partial charge in [-0.1, -0.05) is 17.9 Å². The maximum Gasteiger partial charge on any atom is 0.323 e. The molecule has 1 aromatic heterocycles. The van der Waals surface area contributed by atoms with Gasteiger partial charge in [0.15, 0.2) is 5.88 Å². The molecule has 6 amide bonds. The number of hydrogen-bond acceptors (Lipinski definition) is 6. The molecule has 2 aliphatic heterocycles. The summed E-state index contributed by atoms with van der Waals surface area (Å²) < 4.78 is 6.68. The molecule has 1 spiro atoms. The zero-order valence-corrected chi connectivity index (χ0v) is 19.6. The van der Waals surface area contributed by atoms with Crippen LogP contribution < -0.4 is 26.0 Å². The maximum atomic E-state index is 12.9. The Labute approximate surface area is 210 Å². The Hall–Kier alpha value is -4.98. The van der Waals surface area contributed by atoms with Crippen molar-refractivity contribution in [3.63, 3.8) is 0 Å². The number of fused-ring (bicyclic) bond motifs is 3. The molecule has 0 radical (unpaired) electrons. The Balaban J connectivity index is 1.35. The molecule has 0 saturated carbocycles. The normalized spacial score (nSPS) is 23.8. The number of hydrogen-bond donors (Lipinski definition) is 5. The highest BCUT2D eigenvalue weighted by Crippen LogP contribution is 2.39. The van der Waals surface area contributed by atoms with Gasteiger partial charge in [-0.25, -0.2) is 9.59 Å². The highest BCUT2D eigenvalue weighted by atomic mass is 16.5. The van der Waals surface area contributed by atoms with Gasteiger partial charge in [0, 0.05) is 22.5 Å². The topological polar surface area (TPSA) is 151 Å². The van der Waals surface area contributed by atoms with Crippen molar-refractivity contribution in [1.82, 2.24) is 25.8 Å². The third-order valence-corrected chi connectivity index (χ3v) is 7.11. The van der Waals surface area contributed by atoms with Crippen LogP contribution in [0, 0.1) is 11.8 Å². The zero-order chi connectivity index (χ0) is 25.9. The Kier molecular flexibility index (Phi) is 4.72. The van der Waals surface area contributed by atoms with Crippen LogP contribution in [0.15, 0.2) is 42.6 Å². The summed E-state index contributed by atoms with van der Waals surface area (Å²) in [5, 5.41) is 21.9. The van der Waals surface area contributed by atoms with Crippen LogP contribution in [-0.2, 0) is 28.1 Å². The van der Waals surface area contributed by atoms with Gasteiger partial charge in [-0.3, -0.25) is 20.2 Å². The van der Waals surface area contributed by atoms with E-state index in [-0.39, 0.29) is 18.3 Å². The number of aromatic hydroxyl groups is 1. The van der Waals surface area contributed by atoms with Crippen molar-refractivity contribution in [2.75, 3.05) is 7.11 Å². The summed E-state index contributed by atoms with van der Waals surface area (Å²) in [4.78, 5) is 49.1. The summed E-state index contributed by atoms with van der Waals surface area (Å²) in [7, 11) is 1.52. The van der Waals surface area contributed by atoms with Gasteiger partial charge in [0.2, 0.25) is 5.54 Å². The van der Waals surface area contributed by atoms with Crippen molar-refractivity contribution >= 4 is 34.6 Å². The first-order valence-corrected chi connectivity index (χ1v) is 11.5. The number of ether oxygens (including phenoxy) is 1. The minimum absolute atomic E-state index is 0.0938. The molecule has 2 saturated heterocycles. The Morgan fingerprint density at radius 1 is 1.03 bits per heavy atom. The number of aryl methyl sites for hydroxylation is 1. The summed E-state index contributed by atoms with van der Waals surface area (Å²) in [6.45, 7) is -0.138. The van der Waals surface area contributed by atoms with E-state index in [0.717, 1.165) is 10.9 Å². The number of benzene rings is 2. The average Bonchev–Trinajstić information content (AvgIpc) is 3.56. The van der Waals surface area contributed by atoms with Gasteiger partial charge >= 0.3 is 12.1 Å². The predicted molar refractivity (Wildman–Crippen MR) is 130 cm³/mol. The average molecular weight is 499 g/mol. The van der Waals surface area contributed by atoms with Crippen molar-refractivity contribution in [1.29, 1.82) is 0 Å². The van der Waals surface area contributed by atoms with E-state index in [1.54, 1.807) is 36.5 Å². The molecule has 3 heterocycles. The largest absolute Gasteiger partial charge is 0.497 e. The number of carbonyl (C=O) groups is 4. The number of methoxy groups -OCH3 is 1. The van der Waals surface area contributed by atoms with Gasteiger partial charge in [-0.15, -0.1) is 0 Å². The van der Waals surface area contributed by atoms with E-state index in [1.165, 1.54) is 11.7 Å². The molecule has 6 rings (SSSR count). The molecule has 0 bridgehead atoms. The maximum absolute atomic E-state index is 12.9. The molecule has 1 unspecified atom stereocenters. The molecule has 5 N–H and O–H groups in total. The van der Waals surface area contributed by atoms with Crippen LogP contribution in [0.5, 0.6) is 11.6 Å². The quantitative estimate of drug-likeness (QED) is 0.268. The van der Waals surface area contributed by atoms with Crippen molar-refractivity contribution < 1.29 is 29.0 Å². The second-order valence-corrected chi connectivity index (χ2v) is 9.28. The number of aromatic nitrogens is 1. The minimum Gasteiger partial charge on any atom is -0.497 e. The first-order chi connectivity index (χ1) is 17.7. The standard InChI is InChI=1S/C26H21N5O6/c1-37-17-4-3-16-12-31(20(32)18(16)11-17)13-25(21(33)27-23(35)29-25)8-6-14-2-5-19-15(10-14)7-9-26(19)22(34)28-24(36)30-26/h2-5,10-12,32H,7,9,13H2,1H3,(H2,27,29,33,35)(H2,28,30,34,36)/t25-,26?/m1/s1. The second kappa shape index (κ2) is 7.76. The molecule has 11 heteroatoms. The highest BCUT2D eigenvalue weighted by molar-refractivity contribution is 6.09. The van der Waals surface area contributed by atoms with Gasteiger partial charge in [-0.05, 0) is 54.3 Å². The fourth-order valence-corrected chi connectivity index (χ4v) is 5.25. The van der Waals surface area contributed by atoms with E-state index in [9.17, 15) is 24.3 Å². The van der Waals surface area contributed by atoms with Crippen LogP contribution in [-0.4, -0.2) is 46.2 Å². The van der Waals surface area contributed by atoms with E-state index in [2.05, 4.69) is 33.1 Å². The summed E-state index contributed by atoms with van der Waals surface area (Å²) in [6, 6.07) is 9.26. The van der Waals surface area contributed by atoms with Crippen molar-refractivity contribution in [3.05, 3.63) is 59.3 Å². The lowest BCUT2D eigenvalue weighted by Crippen LogP contribution is -2.49. The SMILES string of the molecule is COc1ccc2cn(C[C@@]3(C#Cc4ccc5c(c4)CCC54NC(=O)NC4=O)NC(=O)NC3=O)c(O)c2c1. The monoisotopic (exact) mass is 499 g/mol. The summed E-state index contributed by atoms with van der Waals surface area (Å²) in [5.41, 5.74) is -0.563. The molecule has 2 atom stereocenters. The molecule has 186 valence electrons. The lowest BCUT2D eigenvalue weighted by molar-refractivity contribution is -0.124. The minimum atomic E-state index is -1.63. The van der Waals surface area contributed by atoms with Gasteiger partial charge < -0.3 is 25.0 Å². The number of amides is 6. The van der Waals surface area contributed by atoms with Gasteiger partial charge in [-0.2, -0.15) is 0 Å². The number of nitrogens with zero attached hydrogens (tertiary/aromatic N) is 1. The fraction of sp³-hybridized carbons (Fsp3) is 0.231. The fourth-order valence-electron chi connectivity index (χ4n) is 5.25. The highest BCUT2D eigenvalue weighted by Gasteiger charge is 2.51. The molecule has 11 nitrogen and oxygen atoms in total. The molecule has 2 aromatic carbocycles. The molecule has 1 aliphatic carbocycles. The van der Waals surface area contributed by atoms with Gasteiger partial charge in [0.05, 0.1) is 13.7 Å². The summed E-state index contributed by atoms with van der Waals surface area (Å²) in [5.74, 6) is 5.33. The number of nitrogens with one attached hydrogen (secondary N) is 4. The van der Waals surface area contributed by atoms with Crippen LogP contribution in [0.3, 0.4) is 0 Å². The van der Waals surface area contributed by atoms with Crippen molar-refractivity contribution in [2.24, 2.45) is 0 Å². The Morgan fingerprint density at radius 2 is 1.81 bits per heavy atom. The van der Waals surface area contributed by atoms with E-state index >= 15 is 0 Å². The number of carbonyl (C=O) groups excluding carboxylic acids is 4. The lowest BCUT2D eigenvalue weighted by atomic mass is 9.91.